The van der Waals surface area contributed by atoms with Gasteiger partial charge in [-0.25, -0.2) is 13.4 Å². The zero-order valence-electron chi connectivity index (χ0n) is 15.3. The monoisotopic (exact) mass is 417 g/mol. The number of aryl methyl sites for hydroxylation is 2. The summed E-state index contributed by atoms with van der Waals surface area (Å²) in [6.07, 6.45) is 1.64. The Bertz CT molecular complexity index is 1110. The van der Waals surface area contributed by atoms with E-state index in [1.807, 2.05) is 0 Å². The van der Waals surface area contributed by atoms with E-state index in [1.165, 1.54) is 23.5 Å². The smallest absolute Gasteiger partial charge is 0.261 e. The number of thiazole rings is 1. The van der Waals surface area contributed by atoms with E-state index in [9.17, 15) is 13.2 Å². The Morgan fingerprint density at radius 2 is 1.89 bits per heavy atom. The predicted octanol–water partition coefficient (Wildman–Crippen LogP) is 2.52. The maximum absolute atomic E-state index is 12.6. The molecule has 28 heavy (non-hydrogen) atoms. The molecule has 0 bridgehead atoms. The maximum Gasteiger partial charge on any atom is 0.261 e. The minimum Gasteiger partial charge on any atom is -0.322 e. The molecule has 2 aromatic heterocycles. The number of sulfonamides is 1. The molecule has 8 nitrogen and oxygen atoms in total. The van der Waals surface area contributed by atoms with Gasteiger partial charge < -0.3 is 11.1 Å². The average molecular weight is 418 g/mol. The van der Waals surface area contributed by atoms with Crippen molar-refractivity contribution in [3.8, 4) is 10.4 Å². The molecule has 0 saturated heterocycles. The lowest BCUT2D eigenvalue weighted by atomic mass is 10.2. The molecule has 0 unspecified atom stereocenters. The molecule has 146 valence electrons. The van der Waals surface area contributed by atoms with Crippen LogP contribution in [0.5, 0.6) is 0 Å². The van der Waals surface area contributed by atoms with E-state index in [1.54, 1.807) is 44.3 Å². The molecule has 0 aliphatic carbocycles. The van der Waals surface area contributed by atoms with E-state index in [0.29, 0.717) is 27.8 Å². The summed E-state index contributed by atoms with van der Waals surface area (Å²) >= 11 is 1.27. The Hall–Kier alpha value is -2.82. The molecule has 1 aromatic carbocycles. The first-order valence-electron chi connectivity index (χ1n) is 8.32. The van der Waals surface area contributed by atoms with Crippen molar-refractivity contribution in [2.24, 2.45) is 5.73 Å². The van der Waals surface area contributed by atoms with Crippen LogP contribution in [0.25, 0.3) is 10.4 Å². The number of amides is 1. The largest absolute Gasteiger partial charge is 0.322 e. The van der Waals surface area contributed by atoms with Crippen LogP contribution < -0.4 is 15.8 Å². The van der Waals surface area contributed by atoms with Crippen LogP contribution in [-0.4, -0.2) is 30.8 Å². The third-order valence-electron chi connectivity index (χ3n) is 3.88. The number of benzene rings is 1. The van der Waals surface area contributed by atoms with Crippen molar-refractivity contribution in [1.29, 1.82) is 0 Å². The number of carbonyl (C=O) groups excluding carboxylic acids is 1. The number of aromatic nitrogens is 2. The molecule has 4 N–H and O–H groups in total. The molecule has 2 heterocycles. The Morgan fingerprint density at radius 1 is 1.18 bits per heavy atom. The van der Waals surface area contributed by atoms with Crippen LogP contribution in [0.2, 0.25) is 0 Å². The van der Waals surface area contributed by atoms with Crippen LogP contribution in [-0.2, 0) is 14.8 Å². The quantitative estimate of drug-likeness (QED) is 0.565. The average Bonchev–Trinajstić information content (AvgIpc) is 3.04. The van der Waals surface area contributed by atoms with Crippen molar-refractivity contribution in [2.75, 3.05) is 16.6 Å². The van der Waals surface area contributed by atoms with Crippen molar-refractivity contribution >= 4 is 38.1 Å². The van der Waals surface area contributed by atoms with Gasteiger partial charge in [-0.15, -0.1) is 0 Å². The molecule has 0 spiro atoms. The first-order valence-corrected chi connectivity index (χ1v) is 10.6. The van der Waals surface area contributed by atoms with E-state index in [2.05, 4.69) is 20.0 Å². The standard InChI is InChI=1S/C18H19N5O3S2/c1-11-15(23-28(25,26)14-6-4-3-5-7-14)8-13(10-20-11)17-12(2)21-18(27-17)22-16(24)9-19/h3-8,10,23H,9,19H2,1-2H3,(H,21,22,24). The maximum atomic E-state index is 12.6. The van der Waals surface area contributed by atoms with Gasteiger partial charge in [0.05, 0.1) is 33.4 Å². The number of rotatable bonds is 6. The van der Waals surface area contributed by atoms with Gasteiger partial charge in [-0.2, -0.15) is 0 Å². The summed E-state index contributed by atoms with van der Waals surface area (Å²) in [6.45, 7) is 3.39. The van der Waals surface area contributed by atoms with Gasteiger partial charge in [-0.1, -0.05) is 29.5 Å². The zero-order chi connectivity index (χ0) is 20.3. The second-order valence-corrected chi connectivity index (χ2v) is 8.64. The number of carbonyl (C=O) groups is 1. The molecular formula is C18H19N5O3S2. The summed E-state index contributed by atoms with van der Waals surface area (Å²) in [4.78, 5) is 21.0. The fraction of sp³-hybridized carbons (Fsp3) is 0.167. The van der Waals surface area contributed by atoms with Gasteiger partial charge in [0.25, 0.3) is 10.0 Å². The molecule has 0 aliphatic heterocycles. The van der Waals surface area contributed by atoms with E-state index >= 15 is 0 Å². The number of nitrogens with one attached hydrogen (secondary N) is 2. The fourth-order valence-electron chi connectivity index (χ4n) is 2.45. The minimum absolute atomic E-state index is 0.133. The third kappa shape index (κ3) is 4.35. The van der Waals surface area contributed by atoms with Crippen molar-refractivity contribution < 1.29 is 13.2 Å². The number of pyridine rings is 1. The van der Waals surface area contributed by atoms with Crippen LogP contribution in [0.3, 0.4) is 0 Å². The number of hydrogen-bond donors (Lipinski definition) is 3. The van der Waals surface area contributed by atoms with Gasteiger partial charge >= 0.3 is 0 Å². The number of nitrogens with two attached hydrogens (primary N) is 1. The van der Waals surface area contributed by atoms with Gasteiger partial charge in [-0.05, 0) is 32.0 Å². The first kappa shape index (κ1) is 19.9. The van der Waals surface area contributed by atoms with Crippen LogP contribution in [0.15, 0.2) is 47.5 Å². The van der Waals surface area contributed by atoms with Gasteiger partial charge in [0.2, 0.25) is 5.91 Å². The first-order chi connectivity index (χ1) is 13.3. The molecule has 0 radical (unpaired) electrons. The summed E-state index contributed by atoms with van der Waals surface area (Å²) in [6, 6.07) is 9.82. The highest BCUT2D eigenvalue weighted by Crippen LogP contribution is 2.34. The highest BCUT2D eigenvalue weighted by atomic mass is 32.2. The number of hydrogen-bond acceptors (Lipinski definition) is 7. The van der Waals surface area contributed by atoms with Crippen molar-refractivity contribution in [1.82, 2.24) is 9.97 Å². The SMILES string of the molecule is Cc1ncc(-c2sc(NC(=O)CN)nc2C)cc1NS(=O)(=O)c1ccccc1. The Labute approximate surface area is 166 Å². The number of nitrogens with zero attached hydrogens (tertiary/aromatic N) is 2. The van der Waals surface area contributed by atoms with E-state index in [0.717, 1.165) is 4.88 Å². The summed E-state index contributed by atoms with van der Waals surface area (Å²) < 4.78 is 27.8. The van der Waals surface area contributed by atoms with Crippen molar-refractivity contribution in [3.05, 3.63) is 54.0 Å². The van der Waals surface area contributed by atoms with E-state index in [4.69, 9.17) is 5.73 Å². The van der Waals surface area contributed by atoms with E-state index < -0.39 is 10.0 Å². The molecular weight excluding hydrogens is 398 g/mol. The lowest BCUT2D eigenvalue weighted by Gasteiger charge is -2.11. The minimum atomic E-state index is -3.73. The fourth-order valence-corrected chi connectivity index (χ4v) is 4.55. The summed E-state index contributed by atoms with van der Waals surface area (Å²) in [5.41, 5.74) is 7.62. The van der Waals surface area contributed by atoms with Gasteiger partial charge in [0.15, 0.2) is 5.13 Å². The number of anilines is 2. The summed E-state index contributed by atoms with van der Waals surface area (Å²) in [7, 11) is -3.73. The molecule has 10 heteroatoms. The van der Waals surface area contributed by atoms with Gasteiger partial charge in [0, 0.05) is 11.8 Å². The lowest BCUT2D eigenvalue weighted by molar-refractivity contribution is -0.114. The second kappa shape index (κ2) is 8.05. The van der Waals surface area contributed by atoms with Crippen molar-refractivity contribution in [2.45, 2.75) is 18.7 Å². The normalized spacial score (nSPS) is 11.2. The predicted molar refractivity (Wildman–Crippen MR) is 110 cm³/mol. The topological polar surface area (TPSA) is 127 Å². The van der Waals surface area contributed by atoms with Gasteiger partial charge in [-0.3, -0.25) is 14.5 Å². The Morgan fingerprint density at radius 3 is 2.57 bits per heavy atom. The second-order valence-electron chi connectivity index (χ2n) is 5.96. The van der Waals surface area contributed by atoms with E-state index in [-0.39, 0.29) is 17.3 Å². The molecule has 1 amide bonds. The molecule has 0 atom stereocenters. The van der Waals surface area contributed by atoms with Gasteiger partial charge in [0.1, 0.15) is 0 Å². The molecule has 0 aliphatic rings. The van der Waals surface area contributed by atoms with Crippen molar-refractivity contribution in [3.63, 3.8) is 0 Å². The summed E-state index contributed by atoms with van der Waals surface area (Å²) in [5.74, 6) is -0.335. The molecule has 0 fully saturated rings. The molecule has 3 rings (SSSR count). The molecule has 0 saturated carbocycles. The highest BCUT2D eigenvalue weighted by Gasteiger charge is 2.17. The van der Waals surface area contributed by atoms with Crippen LogP contribution in [0, 0.1) is 13.8 Å². The van der Waals surface area contributed by atoms with Crippen LogP contribution in [0.1, 0.15) is 11.4 Å². The lowest BCUT2D eigenvalue weighted by Crippen LogP contribution is -2.21. The van der Waals surface area contributed by atoms with Crippen LogP contribution in [0.4, 0.5) is 10.8 Å². The van der Waals surface area contributed by atoms with Crippen LogP contribution >= 0.6 is 11.3 Å². The zero-order valence-corrected chi connectivity index (χ0v) is 16.9. The Balaban J connectivity index is 1.93. The molecule has 3 aromatic rings. The summed E-state index contributed by atoms with van der Waals surface area (Å²) in [5, 5.41) is 3.05. The Kier molecular flexibility index (Phi) is 5.73. The highest BCUT2D eigenvalue weighted by molar-refractivity contribution is 7.92. The third-order valence-corrected chi connectivity index (χ3v) is 6.38.